The van der Waals surface area contributed by atoms with Crippen LogP contribution in [0.5, 0.6) is 0 Å². The molecule has 0 aliphatic heterocycles. The Hall–Kier alpha value is -1.71. The molecule has 0 aromatic heterocycles. The van der Waals surface area contributed by atoms with E-state index in [2.05, 4.69) is 0 Å². The van der Waals surface area contributed by atoms with E-state index in [1.807, 2.05) is 0 Å². The number of benzene rings is 1. The summed E-state index contributed by atoms with van der Waals surface area (Å²) in [5, 5.41) is 9.04. The number of halogens is 1. The first-order valence-corrected chi connectivity index (χ1v) is 6.10. The zero-order valence-corrected chi connectivity index (χ0v) is 9.93. The highest BCUT2D eigenvalue weighted by molar-refractivity contribution is 5.96. The number of carboxylic acids is 1. The fourth-order valence-corrected chi connectivity index (χ4v) is 2.64. The molecule has 0 heterocycles. The molecule has 3 nitrogen and oxygen atoms in total. The van der Waals surface area contributed by atoms with Gasteiger partial charge in [0.25, 0.3) is 0 Å². The van der Waals surface area contributed by atoms with Gasteiger partial charge in [0.2, 0.25) is 0 Å². The van der Waals surface area contributed by atoms with Crippen LogP contribution < -0.4 is 0 Å². The minimum absolute atomic E-state index is 0.0635. The van der Waals surface area contributed by atoms with Gasteiger partial charge in [0, 0.05) is 6.42 Å². The van der Waals surface area contributed by atoms with Gasteiger partial charge in [-0.15, -0.1) is 0 Å². The van der Waals surface area contributed by atoms with Crippen molar-refractivity contribution in [1.82, 2.24) is 0 Å². The summed E-state index contributed by atoms with van der Waals surface area (Å²) in [4.78, 5) is 23.0. The minimum atomic E-state index is -0.848. The predicted molar refractivity (Wildman–Crippen MR) is 63.8 cm³/mol. The highest BCUT2D eigenvalue weighted by atomic mass is 19.1. The van der Waals surface area contributed by atoms with E-state index in [9.17, 15) is 14.0 Å². The SMILES string of the molecule is O=C(CC1CCCC1C(=O)O)c1ccccc1F. The summed E-state index contributed by atoms with van der Waals surface area (Å²) in [5.74, 6) is -2.30. The van der Waals surface area contributed by atoms with Crippen LogP contribution in [0, 0.1) is 17.7 Å². The third-order valence-corrected chi connectivity index (χ3v) is 3.60. The van der Waals surface area contributed by atoms with Gasteiger partial charge in [-0.3, -0.25) is 9.59 Å². The topological polar surface area (TPSA) is 54.4 Å². The molecule has 0 amide bonds. The third-order valence-electron chi connectivity index (χ3n) is 3.60. The molecule has 1 aliphatic carbocycles. The molecular formula is C14H15FO3. The molecule has 0 spiro atoms. The number of Topliss-reactive ketones (excluding diaryl/α,β-unsaturated/α-hetero) is 1. The molecule has 2 rings (SSSR count). The Morgan fingerprint density at radius 3 is 2.67 bits per heavy atom. The first-order chi connectivity index (χ1) is 8.59. The fourth-order valence-electron chi connectivity index (χ4n) is 2.64. The van der Waals surface area contributed by atoms with Gasteiger partial charge in [-0.1, -0.05) is 18.6 Å². The Morgan fingerprint density at radius 1 is 1.28 bits per heavy atom. The number of hydrogen-bond acceptors (Lipinski definition) is 2. The van der Waals surface area contributed by atoms with Crippen molar-refractivity contribution in [1.29, 1.82) is 0 Å². The predicted octanol–water partition coefficient (Wildman–Crippen LogP) is 2.90. The van der Waals surface area contributed by atoms with Crippen molar-refractivity contribution in [2.75, 3.05) is 0 Å². The van der Waals surface area contributed by atoms with Crippen LogP contribution in [0.1, 0.15) is 36.0 Å². The summed E-state index contributed by atoms with van der Waals surface area (Å²) in [6, 6.07) is 5.83. The Labute approximate surface area is 105 Å². The molecule has 0 radical (unpaired) electrons. The Morgan fingerprint density at radius 2 is 2.00 bits per heavy atom. The van der Waals surface area contributed by atoms with E-state index in [-0.39, 0.29) is 23.7 Å². The van der Waals surface area contributed by atoms with E-state index in [1.54, 1.807) is 6.07 Å². The Bertz CT molecular complexity index is 470. The lowest BCUT2D eigenvalue weighted by molar-refractivity contribution is -0.142. The lowest BCUT2D eigenvalue weighted by atomic mass is 9.89. The average Bonchev–Trinajstić information content (AvgIpc) is 2.77. The van der Waals surface area contributed by atoms with Crippen LogP contribution in [0.4, 0.5) is 4.39 Å². The largest absolute Gasteiger partial charge is 0.481 e. The molecule has 18 heavy (non-hydrogen) atoms. The molecule has 2 unspecified atom stereocenters. The summed E-state index contributed by atoms with van der Waals surface area (Å²) < 4.78 is 13.4. The van der Waals surface area contributed by atoms with Crippen LogP contribution in [0.25, 0.3) is 0 Å². The molecule has 0 saturated heterocycles. The lowest BCUT2D eigenvalue weighted by Gasteiger charge is -2.14. The van der Waals surface area contributed by atoms with Gasteiger partial charge in [-0.05, 0) is 30.9 Å². The van der Waals surface area contributed by atoms with Crippen LogP contribution >= 0.6 is 0 Å². The fraction of sp³-hybridized carbons (Fsp3) is 0.429. The maximum Gasteiger partial charge on any atom is 0.306 e. The van der Waals surface area contributed by atoms with Crippen LogP contribution in [0.15, 0.2) is 24.3 Å². The van der Waals surface area contributed by atoms with Crippen molar-refractivity contribution in [3.05, 3.63) is 35.6 Å². The van der Waals surface area contributed by atoms with Gasteiger partial charge in [-0.2, -0.15) is 0 Å². The van der Waals surface area contributed by atoms with Crippen molar-refractivity contribution in [2.24, 2.45) is 11.8 Å². The second-order valence-electron chi connectivity index (χ2n) is 4.74. The van der Waals surface area contributed by atoms with E-state index in [1.165, 1.54) is 18.2 Å². The van der Waals surface area contributed by atoms with Gasteiger partial charge in [-0.25, -0.2) is 4.39 Å². The van der Waals surface area contributed by atoms with E-state index in [0.29, 0.717) is 6.42 Å². The molecule has 1 N–H and O–H groups in total. The maximum atomic E-state index is 13.4. The average molecular weight is 250 g/mol. The number of ketones is 1. The number of rotatable bonds is 4. The normalized spacial score (nSPS) is 22.9. The van der Waals surface area contributed by atoms with Crippen molar-refractivity contribution >= 4 is 11.8 Å². The highest BCUT2D eigenvalue weighted by Crippen LogP contribution is 2.35. The first-order valence-electron chi connectivity index (χ1n) is 6.10. The molecule has 1 saturated carbocycles. The van der Waals surface area contributed by atoms with E-state index < -0.39 is 17.7 Å². The van der Waals surface area contributed by atoms with Gasteiger partial charge >= 0.3 is 5.97 Å². The van der Waals surface area contributed by atoms with Crippen LogP contribution in [-0.4, -0.2) is 16.9 Å². The van der Waals surface area contributed by atoms with Crippen molar-refractivity contribution in [2.45, 2.75) is 25.7 Å². The monoisotopic (exact) mass is 250 g/mol. The second-order valence-corrected chi connectivity index (χ2v) is 4.74. The maximum absolute atomic E-state index is 13.4. The zero-order chi connectivity index (χ0) is 13.1. The summed E-state index contributed by atoms with van der Waals surface area (Å²) in [5.41, 5.74) is 0.0635. The molecule has 1 fully saturated rings. The number of hydrogen-bond donors (Lipinski definition) is 1. The smallest absolute Gasteiger partial charge is 0.306 e. The summed E-state index contributed by atoms with van der Waals surface area (Å²) >= 11 is 0. The third kappa shape index (κ3) is 2.58. The summed E-state index contributed by atoms with van der Waals surface area (Å²) in [6.07, 6.45) is 2.30. The summed E-state index contributed by atoms with van der Waals surface area (Å²) in [7, 11) is 0. The van der Waals surface area contributed by atoms with E-state index >= 15 is 0 Å². The molecule has 2 atom stereocenters. The quantitative estimate of drug-likeness (QED) is 0.836. The number of carbonyl (C=O) groups is 2. The van der Waals surface area contributed by atoms with Gasteiger partial charge < -0.3 is 5.11 Å². The number of aliphatic carboxylic acids is 1. The van der Waals surface area contributed by atoms with Crippen LogP contribution in [0.3, 0.4) is 0 Å². The number of carboxylic acid groups (broad SMARTS) is 1. The van der Waals surface area contributed by atoms with Crippen LogP contribution in [0.2, 0.25) is 0 Å². The summed E-state index contributed by atoms with van der Waals surface area (Å²) in [6.45, 7) is 0. The Kier molecular flexibility index (Phi) is 3.75. The van der Waals surface area contributed by atoms with E-state index in [4.69, 9.17) is 5.11 Å². The van der Waals surface area contributed by atoms with Crippen molar-refractivity contribution in [3.63, 3.8) is 0 Å². The van der Waals surface area contributed by atoms with Crippen molar-refractivity contribution < 1.29 is 19.1 Å². The second kappa shape index (κ2) is 5.29. The van der Waals surface area contributed by atoms with Gasteiger partial charge in [0.15, 0.2) is 5.78 Å². The zero-order valence-electron chi connectivity index (χ0n) is 9.93. The lowest BCUT2D eigenvalue weighted by Crippen LogP contribution is -2.21. The first kappa shape index (κ1) is 12.7. The van der Waals surface area contributed by atoms with Gasteiger partial charge in [0.05, 0.1) is 11.5 Å². The van der Waals surface area contributed by atoms with Crippen LogP contribution in [-0.2, 0) is 4.79 Å². The standard InChI is InChI=1S/C14H15FO3/c15-12-7-2-1-5-11(12)13(16)8-9-4-3-6-10(9)14(17)18/h1-2,5,7,9-10H,3-4,6,8H2,(H,17,18). The molecule has 1 aromatic carbocycles. The minimum Gasteiger partial charge on any atom is -0.481 e. The highest BCUT2D eigenvalue weighted by Gasteiger charge is 2.34. The molecule has 1 aliphatic rings. The molecule has 1 aromatic rings. The number of carbonyl (C=O) groups excluding carboxylic acids is 1. The molecule has 4 heteroatoms. The van der Waals surface area contributed by atoms with Gasteiger partial charge in [0.1, 0.15) is 5.82 Å². The molecular weight excluding hydrogens is 235 g/mol. The molecule has 96 valence electrons. The van der Waals surface area contributed by atoms with E-state index in [0.717, 1.165) is 12.8 Å². The Balaban J connectivity index is 2.08. The van der Waals surface area contributed by atoms with Crippen molar-refractivity contribution in [3.8, 4) is 0 Å². The molecule has 0 bridgehead atoms.